The van der Waals surface area contributed by atoms with Crippen LogP contribution in [-0.4, -0.2) is 42.5 Å². The van der Waals surface area contributed by atoms with E-state index in [1.807, 2.05) is 6.07 Å². The van der Waals surface area contributed by atoms with E-state index < -0.39 is 10.1 Å². The molecule has 0 unspecified atom stereocenters. The monoisotopic (exact) mass is 424 g/mol. The smallest absolute Gasteiger partial charge is 0.261 e. The molecule has 0 spiro atoms. The maximum Gasteiger partial charge on any atom is 0.261 e. The lowest BCUT2D eigenvalue weighted by atomic mass is 10.2. The quantitative estimate of drug-likeness (QED) is 0.609. The van der Waals surface area contributed by atoms with Gasteiger partial charge in [-0.05, 0) is 37.1 Å². The highest BCUT2D eigenvalue weighted by Gasteiger charge is 2.16. The first-order valence-corrected chi connectivity index (χ1v) is 10.7. The highest BCUT2D eigenvalue weighted by Crippen LogP contribution is 2.31. The third-order valence-electron chi connectivity index (χ3n) is 4.29. The average molecular weight is 424 g/mol. The van der Waals surface area contributed by atoms with Crippen molar-refractivity contribution in [2.24, 2.45) is 0 Å². The van der Waals surface area contributed by atoms with E-state index in [9.17, 15) is 12.8 Å². The molecule has 2 aromatic heterocycles. The average Bonchev–Trinajstić information content (AvgIpc) is 2.89. The zero-order valence-electron chi connectivity index (χ0n) is 16.8. The normalized spacial score (nSPS) is 11.2. The van der Waals surface area contributed by atoms with Crippen LogP contribution in [0, 0.1) is 19.7 Å². The number of ether oxygens (including phenoxy) is 2. The van der Waals surface area contributed by atoms with Crippen LogP contribution in [0.2, 0.25) is 0 Å². The Morgan fingerprint density at radius 3 is 2.38 bits per heavy atom. The van der Waals surface area contributed by atoms with E-state index >= 15 is 0 Å². The minimum atomic E-state index is -3.67. The summed E-state index contributed by atoms with van der Waals surface area (Å²) in [6.07, 6.45) is 2.47. The summed E-state index contributed by atoms with van der Waals surface area (Å²) in [5.74, 6) is 0.529. The molecule has 2 heterocycles. The third kappa shape index (κ3) is 6.52. The summed E-state index contributed by atoms with van der Waals surface area (Å²) >= 11 is 0. The van der Waals surface area contributed by atoms with Gasteiger partial charge in [0, 0.05) is 31.6 Å². The molecule has 0 radical (unpaired) electrons. The van der Waals surface area contributed by atoms with E-state index in [2.05, 4.69) is 23.4 Å². The van der Waals surface area contributed by atoms with Gasteiger partial charge in [0.2, 0.25) is 0 Å². The molecule has 0 aliphatic heterocycles. The Bertz CT molecular complexity index is 1050. The van der Waals surface area contributed by atoms with Crippen molar-refractivity contribution < 1.29 is 26.8 Å². The number of aromatic nitrogens is 2. The second-order valence-electron chi connectivity index (χ2n) is 6.51. The fraction of sp³-hybridized carbons (Fsp3) is 0.350. The fourth-order valence-electron chi connectivity index (χ4n) is 2.83. The molecule has 0 saturated carbocycles. The van der Waals surface area contributed by atoms with Gasteiger partial charge in [-0.1, -0.05) is 12.1 Å². The zero-order valence-corrected chi connectivity index (χ0v) is 17.7. The van der Waals surface area contributed by atoms with Crippen molar-refractivity contribution in [3.8, 4) is 5.75 Å². The molecule has 0 atom stereocenters. The second kappa shape index (κ2) is 9.82. The van der Waals surface area contributed by atoms with Crippen LogP contribution in [0.25, 0.3) is 11.0 Å². The summed E-state index contributed by atoms with van der Waals surface area (Å²) in [4.78, 5) is 4.51. The Hall–Kier alpha value is -2.49. The van der Waals surface area contributed by atoms with Gasteiger partial charge < -0.3 is 14.0 Å². The number of nitrogens with zero attached hydrogens (tertiary/aromatic N) is 2. The fourth-order valence-corrected chi connectivity index (χ4v) is 2.83. The Morgan fingerprint density at radius 1 is 1.17 bits per heavy atom. The van der Waals surface area contributed by atoms with Gasteiger partial charge in [-0.2, -0.15) is 8.42 Å². The van der Waals surface area contributed by atoms with Crippen molar-refractivity contribution >= 4 is 21.2 Å². The number of halogens is 1. The van der Waals surface area contributed by atoms with E-state index in [0.717, 1.165) is 40.1 Å². The van der Waals surface area contributed by atoms with E-state index in [-0.39, 0.29) is 5.82 Å². The van der Waals surface area contributed by atoms with Crippen LogP contribution in [0.5, 0.6) is 5.75 Å². The molecule has 158 valence electrons. The molecule has 0 aliphatic rings. The minimum Gasteiger partial charge on any atom is -0.487 e. The van der Waals surface area contributed by atoms with Gasteiger partial charge in [0.15, 0.2) is 0 Å². The molecule has 0 saturated heterocycles. The summed E-state index contributed by atoms with van der Waals surface area (Å²) in [5, 5.41) is 0. The number of pyridine rings is 1. The summed E-state index contributed by atoms with van der Waals surface area (Å²) in [5.41, 5.74) is 5.15. The lowest BCUT2D eigenvalue weighted by Crippen LogP contribution is -2.07. The third-order valence-corrected chi connectivity index (χ3v) is 4.29. The van der Waals surface area contributed by atoms with E-state index in [1.54, 1.807) is 25.4 Å². The molecule has 1 N–H and O–H groups in total. The van der Waals surface area contributed by atoms with Gasteiger partial charge in [0.25, 0.3) is 10.1 Å². The van der Waals surface area contributed by atoms with Gasteiger partial charge in [-0.3, -0.25) is 9.54 Å². The molecule has 0 bridgehead atoms. The van der Waals surface area contributed by atoms with Crippen LogP contribution in [-0.2, 0) is 28.0 Å². The molecule has 0 amide bonds. The molecule has 7 nitrogen and oxygen atoms in total. The standard InChI is InChI=1S/C19H21FN2O2.CH4O3S/c1-13-14(2)22(10-11-23-3)19-17(8-9-21-18(13)19)24-12-15-4-6-16(20)7-5-15;1-5(2,3)4/h4-9H,10-12H2,1-3H3;1H3,(H,2,3,4). The van der Waals surface area contributed by atoms with Crippen LogP contribution in [0.3, 0.4) is 0 Å². The van der Waals surface area contributed by atoms with Gasteiger partial charge in [0.1, 0.15) is 23.7 Å². The highest BCUT2D eigenvalue weighted by molar-refractivity contribution is 7.85. The first-order chi connectivity index (χ1) is 13.6. The van der Waals surface area contributed by atoms with Gasteiger partial charge >= 0.3 is 0 Å². The molecule has 3 rings (SSSR count). The molecule has 29 heavy (non-hydrogen) atoms. The zero-order chi connectivity index (χ0) is 21.6. The lowest BCUT2D eigenvalue weighted by Gasteiger charge is -2.12. The van der Waals surface area contributed by atoms with Gasteiger partial charge in [-0.15, -0.1) is 0 Å². The van der Waals surface area contributed by atoms with Crippen molar-refractivity contribution in [3.63, 3.8) is 0 Å². The number of hydrogen-bond acceptors (Lipinski definition) is 5. The minimum absolute atomic E-state index is 0.246. The Labute approximate surface area is 169 Å². The number of benzene rings is 1. The Morgan fingerprint density at radius 2 is 1.79 bits per heavy atom. The van der Waals surface area contributed by atoms with Crippen LogP contribution < -0.4 is 4.74 Å². The van der Waals surface area contributed by atoms with Crippen LogP contribution in [0.1, 0.15) is 16.8 Å². The van der Waals surface area contributed by atoms with Gasteiger partial charge in [0.05, 0.1) is 18.4 Å². The van der Waals surface area contributed by atoms with Crippen molar-refractivity contribution in [1.82, 2.24) is 9.55 Å². The van der Waals surface area contributed by atoms with Gasteiger partial charge in [-0.25, -0.2) is 4.39 Å². The predicted octanol–water partition coefficient (Wildman–Crippen LogP) is 3.52. The Balaban J connectivity index is 0.000000537. The van der Waals surface area contributed by atoms with Crippen molar-refractivity contribution in [2.45, 2.75) is 27.0 Å². The molecule has 1 aromatic carbocycles. The summed E-state index contributed by atoms with van der Waals surface area (Å²) < 4.78 is 52.3. The van der Waals surface area contributed by atoms with Crippen molar-refractivity contribution in [3.05, 3.63) is 59.2 Å². The van der Waals surface area contributed by atoms with E-state index in [4.69, 9.17) is 14.0 Å². The van der Waals surface area contributed by atoms with E-state index in [0.29, 0.717) is 19.5 Å². The van der Waals surface area contributed by atoms with Crippen LogP contribution in [0.4, 0.5) is 4.39 Å². The number of rotatable bonds is 6. The first kappa shape index (κ1) is 22.8. The van der Waals surface area contributed by atoms with Crippen molar-refractivity contribution in [1.29, 1.82) is 0 Å². The van der Waals surface area contributed by atoms with Crippen LogP contribution >= 0.6 is 0 Å². The van der Waals surface area contributed by atoms with Crippen molar-refractivity contribution in [2.75, 3.05) is 20.0 Å². The summed E-state index contributed by atoms with van der Waals surface area (Å²) in [6, 6.07) is 8.21. The number of hydrogen-bond donors (Lipinski definition) is 1. The largest absolute Gasteiger partial charge is 0.487 e. The molecule has 9 heteroatoms. The lowest BCUT2D eigenvalue weighted by molar-refractivity contribution is 0.187. The topological polar surface area (TPSA) is 90.7 Å². The number of fused-ring (bicyclic) bond motifs is 1. The first-order valence-electron chi connectivity index (χ1n) is 8.85. The Kier molecular flexibility index (Phi) is 7.72. The van der Waals surface area contributed by atoms with E-state index in [1.165, 1.54) is 12.1 Å². The second-order valence-corrected chi connectivity index (χ2v) is 7.98. The molecular formula is C20H25FN2O5S. The number of methoxy groups -OCH3 is 1. The summed E-state index contributed by atoms with van der Waals surface area (Å²) in [6.45, 7) is 5.89. The SMILES string of the molecule is COCCn1c(C)c(C)c2nccc(OCc3ccc(F)cc3)c21.CS(=O)(=O)O. The molecular weight excluding hydrogens is 399 g/mol. The highest BCUT2D eigenvalue weighted by atomic mass is 32.2. The maximum absolute atomic E-state index is 13.0. The van der Waals surface area contributed by atoms with Crippen LogP contribution in [0.15, 0.2) is 36.5 Å². The predicted molar refractivity (Wildman–Crippen MR) is 109 cm³/mol. The maximum atomic E-state index is 13.0. The summed E-state index contributed by atoms with van der Waals surface area (Å²) in [7, 11) is -1.97. The molecule has 0 aliphatic carbocycles. The molecule has 0 fully saturated rings. The molecule has 3 aromatic rings. The number of aryl methyl sites for hydroxylation is 1.